The molecule has 1 aliphatic carbocycles. The van der Waals surface area contributed by atoms with Gasteiger partial charge in [0.25, 0.3) is 0 Å². The number of nitriles is 1. The first kappa shape index (κ1) is 27.2. The number of aromatic nitrogens is 4. The zero-order valence-corrected chi connectivity index (χ0v) is 24.0. The molecule has 1 atom stereocenters. The third kappa shape index (κ3) is 6.67. The number of anilines is 1. The Hall–Kier alpha value is -4.00. The number of pyridine rings is 2. The van der Waals surface area contributed by atoms with Gasteiger partial charge in [0.2, 0.25) is 0 Å². The van der Waals surface area contributed by atoms with Crippen molar-refractivity contribution in [2.75, 3.05) is 5.32 Å². The molecule has 4 aromatic rings. The fourth-order valence-electron chi connectivity index (χ4n) is 5.60. The van der Waals surface area contributed by atoms with E-state index >= 15 is 0 Å². The number of benzene rings is 1. The molecule has 1 unspecified atom stereocenters. The predicted molar refractivity (Wildman–Crippen MR) is 164 cm³/mol. The van der Waals surface area contributed by atoms with Crippen LogP contribution < -0.4 is 11.1 Å². The Kier molecular flexibility index (Phi) is 8.12. The number of nitrogens with zero attached hydrogens (tertiary/aromatic N) is 6. The maximum atomic E-state index is 9.33. The molecule has 3 N–H and O–H groups in total. The third-order valence-corrected chi connectivity index (χ3v) is 9.01. The molecule has 208 valence electrons. The van der Waals surface area contributed by atoms with Gasteiger partial charge in [-0.3, -0.25) is 9.67 Å². The molecule has 6 rings (SSSR count). The second-order valence-corrected chi connectivity index (χ2v) is 12.2. The van der Waals surface area contributed by atoms with E-state index in [1.54, 1.807) is 24.2 Å². The van der Waals surface area contributed by atoms with Crippen molar-refractivity contribution >= 4 is 28.4 Å². The first-order valence-corrected chi connectivity index (χ1v) is 15.1. The monoisotopic (exact) mass is 562 g/mol. The second kappa shape index (κ2) is 12.2. The van der Waals surface area contributed by atoms with E-state index in [0.29, 0.717) is 35.9 Å². The molecular weight excluding hydrogens is 528 g/mol. The van der Waals surface area contributed by atoms with Crippen LogP contribution in [-0.4, -0.2) is 36.9 Å². The van der Waals surface area contributed by atoms with Crippen LogP contribution in [0, 0.1) is 11.3 Å². The molecule has 0 amide bonds. The number of aliphatic imine (C=N–C) groups is 1. The highest BCUT2D eigenvalue weighted by molar-refractivity contribution is 8.14. The van der Waals surface area contributed by atoms with Gasteiger partial charge < -0.3 is 11.1 Å². The molecule has 1 fully saturated rings. The van der Waals surface area contributed by atoms with Crippen LogP contribution in [0.4, 0.5) is 11.6 Å². The first-order valence-electron chi connectivity index (χ1n) is 14.3. The fraction of sp³-hybridized carbons (Fsp3) is 0.344. The Labute approximate surface area is 245 Å². The summed E-state index contributed by atoms with van der Waals surface area (Å²) in [5.41, 5.74) is 11.1. The van der Waals surface area contributed by atoms with E-state index < -0.39 is 0 Å². The van der Waals surface area contributed by atoms with E-state index in [4.69, 9.17) is 15.7 Å². The number of nitrogens with two attached hydrogens (primary N) is 1. The van der Waals surface area contributed by atoms with E-state index in [-0.39, 0.29) is 0 Å². The van der Waals surface area contributed by atoms with E-state index in [9.17, 15) is 5.26 Å². The summed E-state index contributed by atoms with van der Waals surface area (Å²) in [5.74, 6) is 1.98. The average molecular weight is 563 g/mol. The Morgan fingerprint density at radius 3 is 2.78 bits per heavy atom. The fourth-order valence-corrected chi connectivity index (χ4v) is 6.78. The van der Waals surface area contributed by atoms with Crippen molar-refractivity contribution in [1.82, 2.24) is 19.7 Å². The molecule has 8 nitrogen and oxygen atoms in total. The van der Waals surface area contributed by atoms with Gasteiger partial charge in [0.1, 0.15) is 11.9 Å². The number of hydrogen-bond acceptors (Lipinski definition) is 8. The minimum atomic E-state index is 0.304. The van der Waals surface area contributed by atoms with Gasteiger partial charge in [-0.2, -0.15) is 10.4 Å². The topological polar surface area (TPSA) is 118 Å². The van der Waals surface area contributed by atoms with Crippen molar-refractivity contribution in [2.45, 2.75) is 74.9 Å². The SMILES string of the molecule is CC1CCC(=Nc2cc(Cn3cccn3)cc(NC3CCC(N)CC3)n2)Sc2cc(-c3cncc(C#N)c3)ccc21. The van der Waals surface area contributed by atoms with Crippen molar-refractivity contribution in [3.05, 3.63) is 83.9 Å². The zero-order chi connectivity index (χ0) is 28.2. The molecular formula is C32H34N8S. The molecule has 1 saturated carbocycles. The normalized spacial score (nSPS) is 21.6. The molecule has 0 radical (unpaired) electrons. The number of nitrogens with one attached hydrogen (secondary N) is 1. The van der Waals surface area contributed by atoms with Crippen molar-refractivity contribution < 1.29 is 0 Å². The van der Waals surface area contributed by atoms with Crippen LogP contribution in [0.25, 0.3) is 11.1 Å². The smallest absolute Gasteiger partial charge is 0.155 e. The lowest BCUT2D eigenvalue weighted by Gasteiger charge is -2.27. The Morgan fingerprint density at radius 1 is 1.10 bits per heavy atom. The number of thioether (sulfide) groups is 1. The summed E-state index contributed by atoms with van der Waals surface area (Å²) in [4.78, 5) is 15.5. The van der Waals surface area contributed by atoms with E-state index in [1.807, 2.05) is 29.2 Å². The van der Waals surface area contributed by atoms with Crippen LogP contribution in [0.5, 0.6) is 0 Å². The molecule has 0 saturated heterocycles. The van der Waals surface area contributed by atoms with Gasteiger partial charge in [0.05, 0.1) is 17.2 Å². The summed E-state index contributed by atoms with van der Waals surface area (Å²) < 4.78 is 1.92. The molecule has 1 aromatic carbocycles. The van der Waals surface area contributed by atoms with E-state index in [2.05, 4.69) is 58.7 Å². The van der Waals surface area contributed by atoms with Crippen LogP contribution in [0.2, 0.25) is 0 Å². The minimum absolute atomic E-state index is 0.304. The third-order valence-electron chi connectivity index (χ3n) is 7.90. The lowest BCUT2D eigenvalue weighted by atomic mass is 9.92. The molecule has 41 heavy (non-hydrogen) atoms. The predicted octanol–water partition coefficient (Wildman–Crippen LogP) is 6.66. The molecule has 2 aliphatic rings. The molecule has 3 aromatic heterocycles. The Morgan fingerprint density at radius 2 is 1.98 bits per heavy atom. The van der Waals surface area contributed by atoms with E-state index in [1.165, 1.54) is 10.5 Å². The number of fused-ring (bicyclic) bond motifs is 1. The van der Waals surface area contributed by atoms with Crippen molar-refractivity contribution in [1.29, 1.82) is 5.26 Å². The summed E-state index contributed by atoms with van der Waals surface area (Å²) >= 11 is 1.72. The molecule has 9 heteroatoms. The highest BCUT2D eigenvalue weighted by Crippen LogP contribution is 2.40. The minimum Gasteiger partial charge on any atom is -0.367 e. The number of rotatable bonds is 6. The molecule has 0 spiro atoms. The Balaban J connectivity index is 1.31. The van der Waals surface area contributed by atoms with Crippen molar-refractivity contribution in [3.63, 3.8) is 0 Å². The van der Waals surface area contributed by atoms with Gasteiger partial charge in [-0.25, -0.2) is 9.98 Å². The van der Waals surface area contributed by atoms with Crippen LogP contribution >= 0.6 is 11.8 Å². The average Bonchev–Trinajstić information content (AvgIpc) is 3.44. The lowest BCUT2D eigenvalue weighted by molar-refractivity contribution is 0.410. The van der Waals surface area contributed by atoms with Crippen molar-refractivity contribution in [3.8, 4) is 17.2 Å². The van der Waals surface area contributed by atoms with Gasteiger partial charge in [0, 0.05) is 47.3 Å². The quantitative estimate of drug-likeness (QED) is 0.270. The van der Waals surface area contributed by atoms with Gasteiger partial charge in [0.15, 0.2) is 5.82 Å². The molecule has 1 aliphatic heterocycles. The van der Waals surface area contributed by atoms with Gasteiger partial charge >= 0.3 is 0 Å². The van der Waals surface area contributed by atoms with E-state index in [0.717, 1.165) is 66.1 Å². The van der Waals surface area contributed by atoms with Crippen LogP contribution in [0.15, 0.2) is 77.1 Å². The lowest BCUT2D eigenvalue weighted by Crippen LogP contribution is -2.33. The summed E-state index contributed by atoms with van der Waals surface area (Å²) in [6.45, 7) is 2.94. The highest BCUT2D eigenvalue weighted by atomic mass is 32.2. The molecule has 4 heterocycles. The van der Waals surface area contributed by atoms with Crippen LogP contribution in [0.3, 0.4) is 0 Å². The van der Waals surface area contributed by atoms with Gasteiger partial charge in [-0.15, -0.1) is 0 Å². The van der Waals surface area contributed by atoms with Gasteiger partial charge in [-0.1, -0.05) is 30.8 Å². The summed E-state index contributed by atoms with van der Waals surface area (Å²) in [5, 5.41) is 18.4. The van der Waals surface area contributed by atoms with Gasteiger partial charge in [-0.05, 0) is 91.5 Å². The maximum absolute atomic E-state index is 9.33. The maximum Gasteiger partial charge on any atom is 0.155 e. The largest absolute Gasteiger partial charge is 0.367 e. The summed E-state index contributed by atoms with van der Waals surface area (Å²) in [7, 11) is 0. The molecule has 0 bridgehead atoms. The highest BCUT2D eigenvalue weighted by Gasteiger charge is 2.21. The first-order chi connectivity index (χ1) is 20.0. The summed E-state index contributed by atoms with van der Waals surface area (Å²) in [6, 6.07) is 17.4. The standard InChI is InChI=1S/C32H34N8S/c1-21-3-10-32(41-29-16-24(4-9-28(21)29)25-13-23(17-33)18-35-19-25)39-31-15-22(20-40-12-2-11-36-40)14-30(38-31)37-27-7-5-26(34)6-8-27/h2,4,9,11-16,18-19,21,26-27H,3,5-8,10,20,34H2,1H3,(H,37,38). The van der Waals surface area contributed by atoms with Crippen LogP contribution in [0.1, 0.15) is 68.1 Å². The summed E-state index contributed by atoms with van der Waals surface area (Å²) in [6.07, 6.45) is 13.3. The second-order valence-electron chi connectivity index (χ2n) is 11.1. The van der Waals surface area contributed by atoms with Crippen molar-refractivity contribution in [2.24, 2.45) is 10.7 Å². The zero-order valence-electron chi connectivity index (χ0n) is 23.2. The Bertz CT molecular complexity index is 1580. The number of hydrogen-bond donors (Lipinski definition) is 2. The van der Waals surface area contributed by atoms with Crippen LogP contribution in [-0.2, 0) is 6.54 Å².